The predicted octanol–water partition coefficient (Wildman–Crippen LogP) is 2.99. The fourth-order valence-electron chi connectivity index (χ4n) is 3.60. The van der Waals surface area contributed by atoms with Gasteiger partial charge in [0.25, 0.3) is 11.8 Å². The highest BCUT2D eigenvalue weighted by Crippen LogP contribution is 2.23. The molecule has 2 rings (SSSR count). The Kier molecular flexibility index (Phi) is 11.8. The van der Waals surface area contributed by atoms with Gasteiger partial charge in [-0.2, -0.15) is 0 Å². The van der Waals surface area contributed by atoms with E-state index in [2.05, 4.69) is 10.6 Å². The van der Waals surface area contributed by atoms with Crippen molar-refractivity contribution < 1.29 is 28.7 Å². The van der Waals surface area contributed by atoms with E-state index in [1.54, 1.807) is 0 Å². The summed E-state index contributed by atoms with van der Waals surface area (Å²) in [6.07, 6.45) is 5.31. The molecule has 1 aliphatic heterocycles. The smallest absolute Gasteiger partial charge is 0.253 e. The molecule has 1 heterocycles. The van der Waals surface area contributed by atoms with Crippen LogP contribution < -0.4 is 15.4 Å². The van der Waals surface area contributed by atoms with Gasteiger partial charge in [0.1, 0.15) is 5.75 Å². The lowest BCUT2D eigenvalue weighted by Crippen LogP contribution is -2.39. The Labute approximate surface area is 219 Å². The van der Waals surface area contributed by atoms with Crippen molar-refractivity contribution in [3.8, 4) is 5.75 Å². The Balaban J connectivity index is 1.55. The number of amides is 4. The fraction of sp³-hybridized carbons (Fsp3) is 0.571. The Hall–Kier alpha value is -3.20. The summed E-state index contributed by atoms with van der Waals surface area (Å²) < 4.78 is 11.7. The van der Waals surface area contributed by atoms with Crippen molar-refractivity contribution in [2.24, 2.45) is 5.41 Å². The van der Waals surface area contributed by atoms with Gasteiger partial charge < -0.3 is 20.1 Å². The minimum absolute atomic E-state index is 0.00434. The van der Waals surface area contributed by atoms with Gasteiger partial charge >= 0.3 is 0 Å². The highest BCUT2D eigenvalue weighted by Gasteiger charge is 2.29. The van der Waals surface area contributed by atoms with Crippen LogP contribution in [-0.4, -0.2) is 67.0 Å². The van der Waals surface area contributed by atoms with Crippen molar-refractivity contribution in [3.05, 3.63) is 42.5 Å². The first-order valence-electron chi connectivity index (χ1n) is 12.9. The van der Waals surface area contributed by atoms with E-state index < -0.39 is 22.8 Å². The van der Waals surface area contributed by atoms with E-state index in [4.69, 9.17) is 9.47 Å². The first-order chi connectivity index (χ1) is 17.5. The van der Waals surface area contributed by atoms with Crippen LogP contribution in [0.3, 0.4) is 0 Å². The molecule has 37 heavy (non-hydrogen) atoms. The molecule has 9 heteroatoms. The summed E-state index contributed by atoms with van der Waals surface area (Å²) in [6.45, 7) is 9.79. The molecule has 1 aromatic rings. The summed E-state index contributed by atoms with van der Waals surface area (Å²) in [5.41, 5.74) is -1.05. The molecule has 0 radical (unpaired) electrons. The van der Waals surface area contributed by atoms with Gasteiger partial charge in [-0.1, -0.05) is 32.0 Å². The molecule has 0 saturated carbocycles. The monoisotopic (exact) mass is 515 g/mol. The Bertz CT molecular complexity index is 924. The maximum atomic E-state index is 12.6. The summed E-state index contributed by atoms with van der Waals surface area (Å²) in [6, 6.07) is 9.67. The van der Waals surface area contributed by atoms with Crippen LogP contribution in [-0.2, 0) is 23.9 Å². The van der Waals surface area contributed by atoms with Crippen LogP contribution in [0, 0.1) is 5.41 Å². The van der Waals surface area contributed by atoms with E-state index in [-0.39, 0.29) is 24.8 Å². The molecule has 1 aromatic carbocycles. The quantitative estimate of drug-likeness (QED) is 0.244. The average molecular weight is 516 g/mol. The summed E-state index contributed by atoms with van der Waals surface area (Å²) in [7, 11) is 0. The van der Waals surface area contributed by atoms with Crippen molar-refractivity contribution in [2.45, 2.75) is 65.4 Å². The van der Waals surface area contributed by atoms with Gasteiger partial charge in [0.05, 0.1) is 12.2 Å². The molecule has 0 bridgehead atoms. The highest BCUT2D eigenvalue weighted by atomic mass is 16.5. The molecule has 0 saturated heterocycles. The number of nitrogens with zero attached hydrogens (tertiary/aromatic N) is 1. The molecule has 9 nitrogen and oxygen atoms in total. The molecule has 0 unspecified atom stereocenters. The molecular formula is C28H41N3O6. The second-order valence-corrected chi connectivity index (χ2v) is 10.4. The van der Waals surface area contributed by atoms with Crippen molar-refractivity contribution in [1.82, 2.24) is 15.5 Å². The van der Waals surface area contributed by atoms with E-state index in [1.807, 2.05) is 58.0 Å². The number of ether oxygens (including phenoxy) is 2. The second kappa shape index (κ2) is 14.5. The molecule has 4 amide bonds. The molecule has 0 fully saturated rings. The molecule has 0 spiro atoms. The molecule has 0 aromatic heterocycles. The fourth-order valence-corrected chi connectivity index (χ4v) is 3.60. The van der Waals surface area contributed by atoms with Crippen molar-refractivity contribution in [3.63, 3.8) is 0 Å². The van der Waals surface area contributed by atoms with Crippen molar-refractivity contribution in [2.75, 3.05) is 32.8 Å². The number of unbranched alkanes of at least 4 members (excludes halogenated alkanes) is 1. The third kappa shape index (κ3) is 11.2. The van der Waals surface area contributed by atoms with Gasteiger partial charge in [0.15, 0.2) is 0 Å². The molecule has 1 aliphatic rings. The number of hydrogen-bond acceptors (Lipinski definition) is 6. The van der Waals surface area contributed by atoms with Gasteiger partial charge in [-0.05, 0) is 51.7 Å². The SMILES string of the molecule is CC(C)(CCNC(=O)CCN1C(=O)C=CC1=O)OCCC(C)(C)C(=O)NCCCCOc1ccccc1. The van der Waals surface area contributed by atoms with Gasteiger partial charge in [-0.3, -0.25) is 24.1 Å². The van der Waals surface area contributed by atoms with Crippen molar-refractivity contribution >= 4 is 23.6 Å². The summed E-state index contributed by atoms with van der Waals surface area (Å²) in [4.78, 5) is 48.8. The number of para-hydroxylation sites is 1. The van der Waals surface area contributed by atoms with E-state index in [9.17, 15) is 19.2 Å². The summed E-state index contributed by atoms with van der Waals surface area (Å²) in [5.74, 6) is -0.165. The Morgan fingerprint density at radius 3 is 2.22 bits per heavy atom. The number of nitrogens with one attached hydrogen (secondary N) is 2. The predicted molar refractivity (Wildman–Crippen MR) is 141 cm³/mol. The van der Waals surface area contributed by atoms with Crippen LogP contribution in [0.1, 0.15) is 59.8 Å². The van der Waals surface area contributed by atoms with E-state index >= 15 is 0 Å². The lowest BCUT2D eigenvalue weighted by molar-refractivity contribution is -0.137. The molecule has 204 valence electrons. The number of carbonyl (C=O) groups excluding carboxylic acids is 4. The minimum atomic E-state index is -0.565. The third-order valence-electron chi connectivity index (χ3n) is 6.22. The number of benzene rings is 1. The van der Waals surface area contributed by atoms with Crippen LogP contribution in [0.25, 0.3) is 0 Å². The van der Waals surface area contributed by atoms with Crippen LogP contribution in [0.5, 0.6) is 5.75 Å². The lowest BCUT2D eigenvalue weighted by Gasteiger charge is -2.29. The zero-order chi connectivity index (χ0) is 27.3. The summed E-state index contributed by atoms with van der Waals surface area (Å²) >= 11 is 0. The zero-order valence-electron chi connectivity index (χ0n) is 22.5. The molecule has 2 N–H and O–H groups in total. The number of carbonyl (C=O) groups is 4. The number of hydrogen-bond donors (Lipinski definition) is 2. The zero-order valence-corrected chi connectivity index (χ0v) is 22.5. The highest BCUT2D eigenvalue weighted by molar-refractivity contribution is 6.13. The maximum Gasteiger partial charge on any atom is 0.253 e. The van der Waals surface area contributed by atoms with Crippen molar-refractivity contribution in [1.29, 1.82) is 0 Å². The molecule has 0 aliphatic carbocycles. The third-order valence-corrected chi connectivity index (χ3v) is 6.22. The van der Waals surface area contributed by atoms with Gasteiger partial charge in [-0.15, -0.1) is 0 Å². The van der Waals surface area contributed by atoms with Crippen LogP contribution >= 0.6 is 0 Å². The van der Waals surface area contributed by atoms with Crippen LogP contribution in [0.4, 0.5) is 0 Å². The minimum Gasteiger partial charge on any atom is -0.494 e. The van der Waals surface area contributed by atoms with Crippen LogP contribution in [0.2, 0.25) is 0 Å². The first-order valence-corrected chi connectivity index (χ1v) is 12.9. The second-order valence-electron chi connectivity index (χ2n) is 10.4. The number of imide groups is 1. The largest absolute Gasteiger partial charge is 0.494 e. The standard InChI is InChI=1S/C28H41N3O6/c1-27(2,26(35)30-17-8-9-20-36-22-10-6-5-7-11-22)16-21-37-28(3,4)15-18-29-23(32)14-19-31-24(33)12-13-25(31)34/h5-7,10-13H,8-9,14-21H2,1-4H3,(H,29,32)(H,30,35). The van der Waals surface area contributed by atoms with Gasteiger partial charge in [0, 0.05) is 50.2 Å². The van der Waals surface area contributed by atoms with Gasteiger partial charge in [-0.25, -0.2) is 0 Å². The van der Waals surface area contributed by atoms with E-state index in [0.717, 1.165) is 23.5 Å². The van der Waals surface area contributed by atoms with Crippen LogP contribution in [0.15, 0.2) is 42.5 Å². The lowest BCUT2D eigenvalue weighted by atomic mass is 9.88. The van der Waals surface area contributed by atoms with E-state index in [0.29, 0.717) is 39.1 Å². The Morgan fingerprint density at radius 2 is 1.54 bits per heavy atom. The maximum absolute atomic E-state index is 12.6. The summed E-state index contributed by atoms with van der Waals surface area (Å²) in [5, 5.41) is 5.81. The topological polar surface area (TPSA) is 114 Å². The molecular weight excluding hydrogens is 474 g/mol. The normalized spacial score (nSPS) is 13.7. The van der Waals surface area contributed by atoms with E-state index in [1.165, 1.54) is 12.2 Å². The average Bonchev–Trinajstić information content (AvgIpc) is 3.16. The first kappa shape index (κ1) is 30.0. The number of rotatable bonds is 17. The molecule has 0 atom stereocenters. The Morgan fingerprint density at radius 1 is 0.865 bits per heavy atom. The van der Waals surface area contributed by atoms with Gasteiger partial charge in [0.2, 0.25) is 11.8 Å².